The second-order valence-electron chi connectivity index (χ2n) is 10.8. The van der Waals surface area contributed by atoms with Gasteiger partial charge in [-0.15, -0.1) is 0 Å². The van der Waals surface area contributed by atoms with Gasteiger partial charge in [-0.1, -0.05) is 88.8 Å². The van der Waals surface area contributed by atoms with Crippen molar-refractivity contribution in [3.05, 3.63) is 0 Å². The third kappa shape index (κ3) is 6.16. The number of rotatable bonds is 2. The molecule has 0 saturated heterocycles. The van der Waals surface area contributed by atoms with Crippen LogP contribution in [-0.4, -0.2) is 17.6 Å². The van der Waals surface area contributed by atoms with Gasteiger partial charge in [-0.05, 0) is 20.2 Å². The van der Waals surface area contributed by atoms with Gasteiger partial charge in [-0.3, -0.25) is 0 Å². The largest absolute Gasteiger partial charge is 0.0649 e. The number of hydrogen-bond acceptors (Lipinski definition) is 0. The van der Waals surface area contributed by atoms with Crippen LogP contribution in [0.15, 0.2) is 0 Å². The lowest BCUT2D eigenvalue weighted by Gasteiger charge is -2.47. The van der Waals surface area contributed by atoms with Crippen molar-refractivity contribution in [3.63, 3.8) is 0 Å². The van der Waals surface area contributed by atoms with Crippen LogP contribution in [0.3, 0.4) is 0 Å². The molecule has 0 aliphatic carbocycles. The molecule has 0 N–H and O–H groups in total. The van der Waals surface area contributed by atoms with E-state index in [-0.39, 0.29) is 0 Å². The molecule has 2 heteroatoms. The fourth-order valence-corrected chi connectivity index (χ4v) is 22.6. The van der Waals surface area contributed by atoms with Crippen LogP contribution in [0.25, 0.3) is 0 Å². The van der Waals surface area contributed by atoms with E-state index in [4.69, 9.17) is 0 Å². The Morgan fingerprint density at radius 1 is 0.421 bits per heavy atom. The predicted octanol–water partition coefficient (Wildman–Crippen LogP) is 6.18. The molecule has 19 heavy (non-hydrogen) atoms. The second-order valence-corrected chi connectivity index (χ2v) is 21.8. The van der Waals surface area contributed by atoms with Gasteiger partial charge in [-0.2, -0.15) is 0 Å². The third-order valence-electron chi connectivity index (χ3n) is 4.65. The molecule has 0 nitrogen and oxygen atoms in total. The summed E-state index contributed by atoms with van der Waals surface area (Å²) >= 11 is 0. The van der Waals surface area contributed by atoms with Crippen molar-refractivity contribution in [1.29, 1.82) is 0 Å². The molecule has 0 aliphatic rings. The van der Waals surface area contributed by atoms with Gasteiger partial charge in [0, 0.05) is 17.6 Å². The normalized spacial score (nSPS) is 15.5. The molecule has 0 bridgehead atoms. The molecule has 0 saturated carbocycles. The molecule has 0 atom stereocenters. The molecule has 0 aromatic rings. The molecule has 0 radical (unpaired) electrons. The lowest BCUT2D eigenvalue weighted by Crippen LogP contribution is -2.45. The van der Waals surface area contributed by atoms with E-state index in [1.165, 1.54) is 0 Å². The lowest BCUT2D eigenvalue weighted by molar-refractivity contribution is 0.622. The van der Waals surface area contributed by atoms with E-state index in [1.54, 1.807) is 5.67 Å². The Morgan fingerprint density at radius 2 is 0.579 bits per heavy atom. The van der Waals surface area contributed by atoms with Gasteiger partial charge >= 0.3 is 0 Å². The minimum Gasteiger partial charge on any atom is -0.0649 e. The van der Waals surface area contributed by atoms with E-state index in [0.717, 1.165) is 0 Å². The van der Waals surface area contributed by atoms with E-state index in [0.29, 0.717) is 20.2 Å². The van der Waals surface area contributed by atoms with Gasteiger partial charge in [0.15, 0.2) is 0 Å². The molecule has 0 spiro atoms. The Labute approximate surface area is 127 Å². The Kier molecular flexibility index (Phi) is 5.80. The summed E-state index contributed by atoms with van der Waals surface area (Å²) in [6.07, 6.45) is 0. The van der Waals surface area contributed by atoms with Gasteiger partial charge < -0.3 is 0 Å². The van der Waals surface area contributed by atoms with Crippen LogP contribution in [0.1, 0.15) is 83.1 Å². The van der Waals surface area contributed by atoms with E-state index < -0.39 is 17.6 Å². The highest BCUT2D eigenvalue weighted by Gasteiger charge is 2.44. The standard InChI is InChI=1S/C17H40Si2/c1-14(2,3)18(15(4,5)6)13-19(16(7,8)9)17(10,11)12/h18-19H,13H2,1-12H3. The van der Waals surface area contributed by atoms with Crippen molar-refractivity contribution in [2.75, 3.05) is 0 Å². The van der Waals surface area contributed by atoms with E-state index in [2.05, 4.69) is 83.1 Å². The second kappa shape index (κ2) is 5.67. The molecular weight excluding hydrogens is 260 g/mol. The van der Waals surface area contributed by atoms with Gasteiger partial charge in [0.25, 0.3) is 0 Å². The Bertz CT molecular complexity index is 220. The minimum absolute atomic E-state index is 0.542. The number of hydrogen-bond donors (Lipinski definition) is 0. The van der Waals surface area contributed by atoms with Crippen LogP contribution in [-0.2, 0) is 0 Å². The summed E-state index contributed by atoms with van der Waals surface area (Å²) in [6, 6.07) is 0. The van der Waals surface area contributed by atoms with E-state index in [1.807, 2.05) is 0 Å². The van der Waals surface area contributed by atoms with Gasteiger partial charge in [0.2, 0.25) is 0 Å². The summed E-state index contributed by atoms with van der Waals surface area (Å²) in [5.41, 5.74) is 1.60. The van der Waals surface area contributed by atoms with Crippen molar-refractivity contribution < 1.29 is 0 Å². The molecule has 0 unspecified atom stereocenters. The maximum Gasteiger partial charge on any atom is 0.0448 e. The molecule has 0 aliphatic heterocycles. The topological polar surface area (TPSA) is 0 Å². The van der Waals surface area contributed by atoms with Gasteiger partial charge in [0.1, 0.15) is 0 Å². The monoisotopic (exact) mass is 300 g/mol. The Balaban J connectivity index is 5.43. The zero-order chi connectivity index (χ0) is 15.9. The highest BCUT2D eigenvalue weighted by Crippen LogP contribution is 2.51. The first-order chi connectivity index (χ1) is 7.97. The van der Waals surface area contributed by atoms with Crippen molar-refractivity contribution in [2.24, 2.45) is 0 Å². The maximum atomic E-state index is 2.49. The summed E-state index contributed by atoms with van der Waals surface area (Å²) in [7, 11) is -1.61. The molecule has 0 rings (SSSR count). The van der Waals surface area contributed by atoms with Crippen LogP contribution in [0.5, 0.6) is 0 Å². The fourth-order valence-electron chi connectivity index (χ4n) is 4.25. The fraction of sp³-hybridized carbons (Fsp3) is 1.00. The Morgan fingerprint density at radius 3 is 0.684 bits per heavy atom. The first-order valence-corrected chi connectivity index (χ1v) is 11.9. The average molecular weight is 301 g/mol. The lowest BCUT2D eigenvalue weighted by atomic mass is 10.2. The first-order valence-electron chi connectivity index (χ1n) is 7.97. The molecular formula is C17H40Si2. The smallest absolute Gasteiger partial charge is 0.0448 e. The summed E-state index contributed by atoms with van der Waals surface area (Å²) in [5.74, 6) is 0. The van der Waals surface area contributed by atoms with Crippen molar-refractivity contribution in [1.82, 2.24) is 0 Å². The zero-order valence-corrected chi connectivity index (χ0v) is 18.2. The van der Waals surface area contributed by atoms with Crippen molar-refractivity contribution in [3.8, 4) is 0 Å². The summed E-state index contributed by atoms with van der Waals surface area (Å²) in [4.78, 5) is 0. The average Bonchev–Trinajstić information content (AvgIpc) is 1.91. The predicted molar refractivity (Wildman–Crippen MR) is 98.0 cm³/mol. The minimum atomic E-state index is -0.806. The van der Waals surface area contributed by atoms with Crippen LogP contribution < -0.4 is 0 Å². The van der Waals surface area contributed by atoms with Crippen molar-refractivity contribution >= 4 is 17.6 Å². The van der Waals surface area contributed by atoms with E-state index in [9.17, 15) is 0 Å². The first kappa shape index (κ1) is 19.4. The van der Waals surface area contributed by atoms with Crippen LogP contribution in [0.2, 0.25) is 25.8 Å². The maximum absolute atomic E-state index is 2.49. The molecule has 0 heterocycles. The van der Waals surface area contributed by atoms with Crippen LogP contribution in [0, 0.1) is 0 Å². The SMILES string of the molecule is CC(C)(C)[SiH](C[SiH](C(C)(C)C)C(C)(C)C)C(C)(C)C. The summed E-state index contributed by atoms with van der Waals surface area (Å²) in [5, 5.41) is 2.17. The zero-order valence-electron chi connectivity index (χ0n) is 15.9. The highest BCUT2D eigenvalue weighted by atomic mass is 28.3. The summed E-state index contributed by atoms with van der Waals surface area (Å²) in [6.45, 7) is 29.9. The Hall–Kier alpha value is 0.434. The quantitative estimate of drug-likeness (QED) is 0.534. The molecule has 0 aromatic carbocycles. The highest BCUT2D eigenvalue weighted by molar-refractivity contribution is 6.83. The van der Waals surface area contributed by atoms with Crippen LogP contribution in [0.4, 0.5) is 0 Å². The van der Waals surface area contributed by atoms with Crippen molar-refractivity contribution in [2.45, 2.75) is 109 Å². The van der Waals surface area contributed by atoms with Gasteiger partial charge in [-0.25, -0.2) is 0 Å². The van der Waals surface area contributed by atoms with Crippen LogP contribution >= 0.6 is 0 Å². The molecule has 0 amide bonds. The van der Waals surface area contributed by atoms with Gasteiger partial charge in [0.05, 0.1) is 0 Å². The van der Waals surface area contributed by atoms with E-state index >= 15 is 0 Å². The molecule has 0 fully saturated rings. The summed E-state index contributed by atoms with van der Waals surface area (Å²) < 4.78 is 0. The third-order valence-corrected chi connectivity index (χ3v) is 16.8. The molecule has 116 valence electrons. The molecule has 0 aromatic heterocycles.